The molecule has 0 unspecified atom stereocenters. The average molecular weight is 368 g/mol. The van der Waals surface area contributed by atoms with Gasteiger partial charge in [0.25, 0.3) is 0 Å². The predicted octanol–water partition coefficient (Wildman–Crippen LogP) is 3.38. The van der Waals surface area contributed by atoms with Crippen LogP contribution in [0.1, 0.15) is 31.9 Å². The molecule has 2 aromatic carbocycles. The first kappa shape index (κ1) is 20.5. The molecule has 144 valence electrons. The van der Waals surface area contributed by atoms with Crippen LogP contribution in [-0.2, 0) is 22.7 Å². The quantitative estimate of drug-likeness (QED) is 0.777. The largest absolute Gasteiger partial charge is 0.497 e. The highest BCUT2D eigenvalue weighted by molar-refractivity contribution is 5.88. The van der Waals surface area contributed by atoms with Gasteiger partial charge in [0.05, 0.1) is 7.11 Å². The number of ether oxygens (including phenoxy) is 1. The number of hydrogen-bond acceptors (Lipinski definition) is 3. The van der Waals surface area contributed by atoms with Crippen LogP contribution < -0.4 is 10.1 Å². The lowest BCUT2D eigenvalue weighted by atomic mass is 10.1. The Kier molecular flexibility index (Phi) is 7.41. The third-order valence-electron chi connectivity index (χ3n) is 4.45. The lowest BCUT2D eigenvalue weighted by molar-refractivity contribution is -0.143. The zero-order valence-corrected chi connectivity index (χ0v) is 16.4. The van der Waals surface area contributed by atoms with Crippen LogP contribution >= 0.6 is 0 Å². The summed E-state index contributed by atoms with van der Waals surface area (Å²) in [6.45, 7) is 6.29. The molecule has 1 N–H and O–H groups in total. The maximum atomic E-state index is 12.7. The van der Waals surface area contributed by atoms with Crippen LogP contribution in [0.15, 0.2) is 54.6 Å². The third-order valence-corrected chi connectivity index (χ3v) is 4.45. The zero-order valence-electron chi connectivity index (χ0n) is 16.4. The molecular formula is C22H28N2O3. The van der Waals surface area contributed by atoms with E-state index >= 15 is 0 Å². The van der Waals surface area contributed by atoms with Gasteiger partial charge in [0, 0.05) is 19.0 Å². The fraction of sp³-hybridized carbons (Fsp3) is 0.364. The summed E-state index contributed by atoms with van der Waals surface area (Å²) < 4.78 is 5.14. The number of carbonyl (C=O) groups excluding carboxylic acids is 2. The van der Waals surface area contributed by atoms with E-state index in [-0.39, 0.29) is 17.7 Å². The minimum atomic E-state index is -0.557. The monoisotopic (exact) mass is 368 g/mol. The van der Waals surface area contributed by atoms with Crippen molar-refractivity contribution in [3.63, 3.8) is 0 Å². The van der Waals surface area contributed by atoms with Gasteiger partial charge in [-0.1, -0.05) is 56.3 Å². The van der Waals surface area contributed by atoms with Crippen molar-refractivity contribution >= 4 is 11.8 Å². The van der Waals surface area contributed by atoms with Gasteiger partial charge < -0.3 is 15.0 Å². The molecule has 0 spiro atoms. The summed E-state index contributed by atoms with van der Waals surface area (Å²) in [5.41, 5.74) is 1.97. The van der Waals surface area contributed by atoms with E-state index in [4.69, 9.17) is 4.74 Å². The van der Waals surface area contributed by atoms with E-state index in [1.807, 2.05) is 68.4 Å². The number of amides is 2. The molecule has 27 heavy (non-hydrogen) atoms. The second-order valence-corrected chi connectivity index (χ2v) is 6.85. The van der Waals surface area contributed by atoms with Crippen LogP contribution in [0.3, 0.4) is 0 Å². The molecule has 0 aliphatic carbocycles. The maximum Gasteiger partial charge on any atom is 0.242 e. The zero-order chi connectivity index (χ0) is 19.8. The number of nitrogens with zero attached hydrogens (tertiary/aromatic N) is 1. The van der Waals surface area contributed by atoms with E-state index in [1.54, 1.807) is 18.9 Å². The van der Waals surface area contributed by atoms with Crippen LogP contribution in [-0.4, -0.2) is 29.9 Å². The molecule has 0 aliphatic heterocycles. The molecule has 2 amide bonds. The van der Waals surface area contributed by atoms with E-state index in [2.05, 4.69) is 5.32 Å². The number of methoxy groups -OCH3 is 1. The first-order valence-electron chi connectivity index (χ1n) is 9.17. The standard InChI is InChI=1S/C22H28N2O3/c1-16(2)22(26)24(15-19-8-6-5-7-9-19)17(3)21(25)23-14-18-10-12-20(27-4)13-11-18/h5-13,16-17H,14-15H2,1-4H3,(H,23,25)/t17-/m1/s1. The fourth-order valence-electron chi connectivity index (χ4n) is 2.74. The molecule has 0 saturated carbocycles. The topological polar surface area (TPSA) is 58.6 Å². The maximum absolute atomic E-state index is 12.7. The Morgan fingerprint density at radius 3 is 2.15 bits per heavy atom. The lowest BCUT2D eigenvalue weighted by Crippen LogP contribution is -2.48. The summed E-state index contributed by atoms with van der Waals surface area (Å²) in [6.07, 6.45) is 0. The lowest BCUT2D eigenvalue weighted by Gasteiger charge is -2.30. The van der Waals surface area contributed by atoms with Crippen molar-refractivity contribution in [2.24, 2.45) is 5.92 Å². The first-order chi connectivity index (χ1) is 12.9. The van der Waals surface area contributed by atoms with Gasteiger partial charge in [-0.3, -0.25) is 9.59 Å². The van der Waals surface area contributed by atoms with Crippen LogP contribution in [0.5, 0.6) is 5.75 Å². The van der Waals surface area contributed by atoms with Gasteiger partial charge in [0.1, 0.15) is 11.8 Å². The summed E-state index contributed by atoms with van der Waals surface area (Å²) in [7, 11) is 1.62. The minimum absolute atomic E-state index is 0.0362. The number of nitrogens with one attached hydrogen (secondary N) is 1. The van der Waals surface area contributed by atoms with Gasteiger partial charge >= 0.3 is 0 Å². The number of hydrogen-bond donors (Lipinski definition) is 1. The van der Waals surface area contributed by atoms with Gasteiger partial charge in [-0.2, -0.15) is 0 Å². The highest BCUT2D eigenvalue weighted by Crippen LogP contribution is 2.14. The van der Waals surface area contributed by atoms with Gasteiger partial charge in [-0.15, -0.1) is 0 Å². The SMILES string of the molecule is COc1ccc(CNC(=O)[C@@H](C)N(Cc2ccccc2)C(=O)C(C)C)cc1. The van der Waals surface area contributed by atoms with E-state index in [1.165, 1.54) is 0 Å². The van der Waals surface area contributed by atoms with E-state index in [0.29, 0.717) is 13.1 Å². The molecule has 0 saturated heterocycles. The summed E-state index contributed by atoms with van der Waals surface area (Å²) in [5.74, 6) is 0.391. The molecular weight excluding hydrogens is 340 g/mol. The highest BCUT2D eigenvalue weighted by Gasteiger charge is 2.27. The molecule has 0 aliphatic rings. The van der Waals surface area contributed by atoms with Gasteiger partial charge in [0.15, 0.2) is 0 Å². The van der Waals surface area contributed by atoms with E-state index in [0.717, 1.165) is 16.9 Å². The second-order valence-electron chi connectivity index (χ2n) is 6.85. The Morgan fingerprint density at radius 1 is 0.963 bits per heavy atom. The van der Waals surface area contributed by atoms with Gasteiger partial charge in [0.2, 0.25) is 11.8 Å². The highest BCUT2D eigenvalue weighted by atomic mass is 16.5. The number of rotatable bonds is 8. The van der Waals surface area contributed by atoms with Gasteiger partial charge in [-0.05, 0) is 30.2 Å². The molecule has 2 aromatic rings. The Labute approximate surface area is 161 Å². The first-order valence-corrected chi connectivity index (χ1v) is 9.17. The second kappa shape index (κ2) is 9.76. The summed E-state index contributed by atoms with van der Waals surface area (Å²) >= 11 is 0. The number of benzene rings is 2. The fourth-order valence-corrected chi connectivity index (χ4v) is 2.74. The van der Waals surface area contributed by atoms with Crippen molar-refractivity contribution in [1.82, 2.24) is 10.2 Å². The van der Waals surface area contributed by atoms with Crippen molar-refractivity contribution in [2.75, 3.05) is 7.11 Å². The molecule has 2 rings (SSSR count). The van der Waals surface area contributed by atoms with Crippen LogP contribution in [0, 0.1) is 5.92 Å². The van der Waals surface area contributed by atoms with Crippen LogP contribution in [0.4, 0.5) is 0 Å². The summed E-state index contributed by atoms with van der Waals surface area (Å²) in [4.78, 5) is 27.0. The minimum Gasteiger partial charge on any atom is -0.497 e. The molecule has 0 heterocycles. The third kappa shape index (κ3) is 5.84. The Balaban J connectivity index is 2.04. The Hall–Kier alpha value is -2.82. The molecule has 5 heteroatoms. The molecule has 5 nitrogen and oxygen atoms in total. The molecule has 0 aromatic heterocycles. The van der Waals surface area contributed by atoms with Crippen molar-refractivity contribution in [2.45, 2.75) is 39.9 Å². The smallest absolute Gasteiger partial charge is 0.242 e. The average Bonchev–Trinajstić information content (AvgIpc) is 2.70. The molecule has 0 bridgehead atoms. The van der Waals surface area contributed by atoms with Crippen molar-refractivity contribution in [1.29, 1.82) is 0 Å². The predicted molar refractivity (Wildman–Crippen MR) is 106 cm³/mol. The van der Waals surface area contributed by atoms with Crippen molar-refractivity contribution in [3.05, 3.63) is 65.7 Å². The van der Waals surface area contributed by atoms with Crippen LogP contribution in [0.2, 0.25) is 0 Å². The Morgan fingerprint density at radius 2 is 1.59 bits per heavy atom. The van der Waals surface area contributed by atoms with Crippen molar-refractivity contribution in [3.8, 4) is 5.75 Å². The normalized spacial score (nSPS) is 11.7. The molecule has 1 atom stereocenters. The van der Waals surface area contributed by atoms with Gasteiger partial charge in [-0.25, -0.2) is 0 Å². The van der Waals surface area contributed by atoms with E-state index in [9.17, 15) is 9.59 Å². The summed E-state index contributed by atoms with van der Waals surface area (Å²) in [5, 5.41) is 2.92. The Bertz CT molecular complexity index is 742. The van der Waals surface area contributed by atoms with Crippen LogP contribution in [0.25, 0.3) is 0 Å². The van der Waals surface area contributed by atoms with Crippen molar-refractivity contribution < 1.29 is 14.3 Å². The summed E-state index contributed by atoms with van der Waals surface area (Å²) in [6, 6.07) is 16.7. The molecule has 0 fully saturated rings. The molecule has 0 radical (unpaired) electrons. The number of carbonyl (C=O) groups is 2. The van der Waals surface area contributed by atoms with E-state index < -0.39 is 6.04 Å².